The summed E-state index contributed by atoms with van der Waals surface area (Å²) in [4.78, 5) is 14.7. The summed E-state index contributed by atoms with van der Waals surface area (Å²) in [6.07, 6.45) is 1.73. The van der Waals surface area contributed by atoms with Crippen LogP contribution in [0.2, 0.25) is 5.02 Å². The Morgan fingerprint density at radius 3 is 2.13 bits per heavy atom. The van der Waals surface area contributed by atoms with Gasteiger partial charge < -0.3 is 4.90 Å². The summed E-state index contributed by atoms with van der Waals surface area (Å²) in [7, 11) is -3.60. The lowest BCUT2D eigenvalue weighted by Crippen LogP contribution is -2.50. The van der Waals surface area contributed by atoms with Crippen molar-refractivity contribution in [1.82, 2.24) is 19.0 Å². The summed E-state index contributed by atoms with van der Waals surface area (Å²) < 4.78 is 28.8. The quantitative estimate of drug-likeness (QED) is 0.620. The van der Waals surface area contributed by atoms with Gasteiger partial charge in [0.15, 0.2) is 0 Å². The molecule has 0 radical (unpaired) electrons. The number of carbonyl (C=O) groups excluding carboxylic acids is 1. The molecule has 0 atom stereocenters. The number of hydrogen-bond acceptors (Lipinski definition) is 4. The van der Waals surface area contributed by atoms with E-state index in [9.17, 15) is 13.2 Å². The van der Waals surface area contributed by atoms with Crippen molar-refractivity contribution in [3.05, 3.63) is 77.1 Å². The number of piperazine rings is 1. The first-order chi connectivity index (χ1) is 14.4. The van der Waals surface area contributed by atoms with E-state index < -0.39 is 10.0 Å². The molecule has 0 spiro atoms. The normalized spacial score (nSPS) is 15.3. The fourth-order valence-electron chi connectivity index (χ4n) is 3.45. The monoisotopic (exact) mass is 444 g/mol. The van der Waals surface area contributed by atoms with Crippen LogP contribution in [0.5, 0.6) is 0 Å². The molecule has 1 saturated heterocycles. The van der Waals surface area contributed by atoms with Gasteiger partial charge in [-0.05, 0) is 61.5 Å². The predicted molar refractivity (Wildman–Crippen MR) is 114 cm³/mol. The highest BCUT2D eigenvalue weighted by atomic mass is 35.5. The van der Waals surface area contributed by atoms with Gasteiger partial charge in [-0.1, -0.05) is 11.6 Å². The summed E-state index contributed by atoms with van der Waals surface area (Å²) in [5, 5.41) is 4.75. The standard InChI is InChI=1S/C21H21ClN4O3S/c1-16-10-11-23-26(16)19-6-2-17(3-7-19)21(27)24-12-14-25(15-13-24)30(28,29)20-8-4-18(22)5-9-20/h2-11H,12-15H2,1H3. The molecular weight excluding hydrogens is 424 g/mol. The maximum Gasteiger partial charge on any atom is 0.253 e. The van der Waals surface area contributed by atoms with Gasteiger partial charge in [-0.25, -0.2) is 13.1 Å². The van der Waals surface area contributed by atoms with Gasteiger partial charge in [0, 0.05) is 48.7 Å². The van der Waals surface area contributed by atoms with Gasteiger partial charge in [0.2, 0.25) is 10.0 Å². The molecule has 156 valence electrons. The van der Waals surface area contributed by atoms with Crippen LogP contribution in [0.1, 0.15) is 16.1 Å². The third-order valence-corrected chi connectivity index (χ3v) is 7.33. The van der Waals surface area contributed by atoms with Crippen LogP contribution < -0.4 is 0 Å². The molecule has 1 aromatic heterocycles. The molecule has 9 heteroatoms. The highest BCUT2D eigenvalue weighted by Crippen LogP contribution is 2.21. The molecule has 2 aromatic carbocycles. The minimum absolute atomic E-state index is 0.109. The van der Waals surface area contributed by atoms with Gasteiger partial charge in [0.05, 0.1) is 10.6 Å². The Kier molecular flexibility index (Phi) is 5.64. The zero-order valence-electron chi connectivity index (χ0n) is 16.4. The first-order valence-corrected chi connectivity index (χ1v) is 11.3. The van der Waals surface area contributed by atoms with Crippen LogP contribution in [0.4, 0.5) is 0 Å². The number of sulfonamides is 1. The van der Waals surface area contributed by atoms with Gasteiger partial charge >= 0.3 is 0 Å². The zero-order chi connectivity index (χ0) is 21.3. The van der Waals surface area contributed by atoms with Crippen molar-refractivity contribution >= 4 is 27.5 Å². The number of aryl methyl sites for hydroxylation is 1. The first-order valence-electron chi connectivity index (χ1n) is 9.52. The molecule has 1 fully saturated rings. The summed E-state index contributed by atoms with van der Waals surface area (Å²) in [6, 6.07) is 15.3. The van der Waals surface area contributed by atoms with Crippen LogP contribution in [-0.2, 0) is 10.0 Å². The van der Waals surface area contributed by atoms with Gasteiger partial charge in [-0.3, -0.25) is 4.79 Å². The molecule has 4 rings (SSSR count). The molecule has 30 heavy (non-hydrogen) atoms. The van der Waals surface area contributed by atoms with Crippen LogP contribution in [0.15, 0.2) is 65.7 Å². The number of halogens is 1. The lowest BCUT2D eigenvalue weighted by molar-refractivity contribution is 0.0698. The third kappa shape index (κ3) is 3.98. The van der Waals surface area contributed by atoms with Crippen LogP contribution in [0.25, 0.3) is 5.69 Å². The van der Waals surface area contributed by atoms with E-state index in [1.165, 1.54) is 16.4 Å². The first kappa shape index (κ1) is 20.6. The smallest absolute Gasteiger partial charge is 0.253 e. The maximum absolute atomic E-state index is 12.8. The molecule has 0 N–H and O–H groups in total. The zero-order valence-corrected chi connectivity index (χ0v) is 18.0. The Morgan fingerprint density at radius 2 is 1.57 bits per heavy atom. The van der Waals surface area contributed by atoms with Gasteiger partial charge in [-0.2, -0.15) is 9.40 Å². The molecule has 1 aliphatic rings. The van der Waals surface area contributed by atoms with Crippen molar-refractivity contribution in [3.8, 4) is 5.69 Å². The summed E-state index contributed by atoms with van der Waals surface area (Å²) in [5.74, 6) is -0.109. The van der Waals surface area contributed by atoms with E-state index in [0.29, 0.717) is 23.7 Å². The van der Waals surface area contributed by atoms with Crippen molar-refractivity contribution in [2.75, 3.05) is 26.2 Å². The highest BCUT2D eigenvalue weighted by molar-refractivity contribution is 7.89. The number of aromatic nitrogens is 2. The Morgan fingerprint density at radius 1 is 0.933 bits per heavy atom. The number of amides is 1. The van der Waals surface area contributed by atoms with Crippen molar-refractivity contribution < 1.29 is 13.2 Å². The minimum Gasteiger partial charge on any atom is -0.336 e. The number of carbonyl (C=O) groups is 1. The lowest BCUT2D eigenvalue weighted by Gasteiger charge is -2.34. The highest BCUT2D eigenvalue weighted by Gasteiger charge is 2.30. The topological polar surface area (TPSA) is 75.5 Å². The predicted octanol–water partition coefficient (Wildman–Crippen LogP) is 2.98. The largest absolute Gasteiger partial charge is 0.336 e. The molecule has 1 aliphatic heterocycles. The summed E-state index contributed by atoms with van der Waals surface area (Å²) in [6.45, 7) is 3.14. The Labute approximate surface area is 180 Å². The molecule has 0 bridgehead atoms. The Hall–Kier alpha value is -2.68. The van der Waals surface area contributed by atoms with E-state index in [0.717, 1.165) is 11.4 Å². The van der Waals surface area contributed by atoms with Crippen LogP contribution in [0.3, 0.4) is 0 Å². The van der Waals surface area contributed by atoms with Gasteiger partial charge in [-0.15, -0.1) is 0 Å². The van der Waals surface area contributed by atoms with E-state index in [1.54, 1.807) is 40.0 Å². The van der Waals surface area contributed by atoms with E-state index in [4.69, 9.17) is 11.6 Å². The van der Waals surface area contributed by atoms with Crippen molar-refractivity contribution in [2.45, 2.75) is 11.8 Å². The fraction of sp³-hybridized carbons (Fsp3) is 0.238. The van der Waals surface area contributed by atoms with Crippen LogP contribution >= 0.6 is 11.6 Å². The average Bonchev–Trinajstić information content (AvgIpc) is 3.19. The number of benzene rings is 2. The van der Waals surface area contributed by atoms with Crippen molar-refractivity contribution in [1.29, 1.82) is 0 Å². The number of nitrogens with zero attached hydrogens (tertiary/aromatic N) is 4. The Bertz CT molecular complexity index is 1150. The third-order valence-electron chi connectivity index (χ3n) is 5.17. The summed E-state index contributed by atoms with van der Waals surface area (Å²) in [5.41, 5.74) is 2.46. The lowest BCUT2D eigenvalue weighted by atomic mass is 10.1. The second-order valence-corrected chi connectivity index (χ2v) is 9.46. The average molecular weight is 445 g/mol. The molecule has 3 aromatic rings. The number of rotatable bonds is 4. The fourth-order valence-corrected chi connectivity index (χ4v) is 5.00. The minimum atomic E-state index is -3.60. The van der Waals surface area contributed by atoms with E-state index in [-0.39, 0.29) is 23.9 Å². The van der Waals surface area contributed by atoms with E-state index in [1.807, 2.05) is 25.1 Å². The molecule has 7 nitrogen and oxygen atoms in total. The van der Waals surface area contributed by atoms with Crippen molar-refractivity contribution in [3.63, 3.8) is 0 Å². The molecular formula is C21H21ClN4O3S. The molecule has 0 unspecified atom stereocenters. The van der Waals surface area contributed by atoms with E-state index >= 15 is 0 Å². The molecule has 0 saturated carbocycles. The van der Waals surface area contributed by atoms with E-state index in [2.05, 4.69) is 5.10 Å². The number of hydrogen-bond donors (Lipinski definition) is 0. The SMILES string of the molecule is Cc1ccnn1-c1ccc(C(=O)N2CCN(S(=O)(=O)c3ccc(Cl)cc3)CC2)cc1. The second kappa shape index (κ2) is 8.22. The second-order valence-electron chi connectivity index (χ2n) is 7.08. The van der Waals surface area contributed by atoms with Crippen molar-refractivity contribution in [2.24, 2.45) is 0 Å². The molecule has 1 amide bonds. The summed E-state index contributed by atoms with van der Waals surface area (Å²) >= 11 is 5.85. The Balaban J connectivity index is 1.42. The maximum atomic E-state index is 12.8. The molecule has 2 heterocycles. The van der Waals surface area contributed by atoms with Gasteiger partial charge in [0.25, 0.3) is 5.91 Å². The van der Waals surface area contributed by atoms with Crippen LogP contribution in [-0.4, -0.2) is 59.5 Å². The molecule has 0 aliphatic carbocycles. The van der Waals surface area contributed by atoms with Gasteiger partial charge in [0.1, 0.15) is 0 Å². The van der Waals surface area contributed by atoms with Crippen LogP contribution in [0, 0.1) is 6.92 Å².